The first-order chi connectivity index (χ1) is 4.55. The number of hydrogen-bond acceptors (Lipinski definition) is 1. The Morgan fingerprint density at radius 1 is 0.900 bits per heavy atom. The third-order valence-electron chi connectivity index (χ3n) is 1.78. The molecular weight excluding hydrogens is 122 g/mol. The first-order valence-electron chi connectivity index (χ1n) is 4.22. The standard InChI is InChI=1S/C7H17N.C2H6/c1-6(2)7(3)8(4)5;1-2/h6-7H,1-5H3;1-2H3/t7-;/m0./s1. The molecule has 0 aromatic rings. The van der Waals surface area contributed by atoms with E-state index in [2.05, 4.69) is 39.8 Å². The van der Waals surface area contributed by atoms with Crippen LogP contribution in [-0.4, -0.2) is 25.0 Å². The lowest BCUT2D eigenvalue weighted by Crippen LogP contribution is -2.29. The second-order valence-corrected chi connectivity index (χ2v) is 2.95. The lowest BCUT2D eigenvalue weighted by atomic mass is 10.1. The zero-order valence-electron chi connectivity index (χ0n) is 8.60. The van der Waals surface area contributed by atoms with Gasteiger partial charge in [0.05, 0.1) is 0 Å². The predicted molar refractivity (Wildman–Crippen MR) is 49.3 cm³/mol. The fraction of sp³-hybridized carbons (Fsp3) is 1.00. The summed E-state index contributed by atoms with van der Waals surface area (Å²) in [6.07, 6.45) is 0. The van der Waals surface area contributed by atoms with Gasteiger partial charge in [0.15, 0.2) is 0 Å². The normalized spacial score (nSPS) is 12.9. The van der Waals surface area contributed by atoms with Gasteiger partial charge in [0.2, 0.25) is 0 Å². The van der Waals surface area contributed by atoms with Crippen molar-refractivity contribution in [2.24, 2.45) is 5.92 Å². The molecule has 0 rings (SSSR count). The van der Waals surface area contributed by atoms with Crippen molar-refractivity contribution in [2.45, 2.75) is 40.7 Å². The van der Waals surface area contributed by atoms with Crippen molar-refractivity contribution in [2.75, 3.05) is 14.1 Å². The van der Waals surface area contributed by atoms with Crippen LogP contribution in [0, 0.1) is 5.92 Å². The van der Waals surface area contributed by atoms with Crippen LogP contribution in [0.5, 0.6) is 0 Å². The first-order valence-corrected chi connectivity index (χ1v) is 4.22. The monoisotopic (exact) mass is 145 g/mol. The zero-order chi connectivity index (χ0) is 8.73. The Hall–Kier alpha value is -0.0400. The molecule has 0 aliphatic heterocycles. The van der Waals surface area contributed by atoms with E-state index in [1.54, 1.807) is 0 Å². The van der Waals surface area contributed by atoms with Crippen LogP contribution in [0.25, 0.3) is 0 Å². The Bertz CT molecular complexity index is 49.7. The molecule has 1 atom stereocenters. The van der Waals surface area contributed by atoms with Gasteiger partial charge in [-0.1, -0.05) is 27.7 Å². The van der Waals surface area contributed by atoms with Gasteiger partial charge in [-0.05, 0) is 26.9 Å². The van der Waals surface area contributed by atoms with E-state index < -0.39 is 0 Å². The van der Waals surface area contributed by atoms with Crippen molar-refractivity contribution in [1.29, 1.82) is 0 Å². The topological polar surface area (TPSA) is 3.24 Å². The van der Waals surface area contributed by atoms with Gasteiger partial charge in [-0.15, -0.1) is 0 Å². The van der Waals surface area contributed by atoms with Gasteiger partial charge in [-0.2, -0.15) is 0 Å². The molecule has 0 amide bonds. The molecule has 0 heterocycles. The van der Waals surface area contributed by atoms with Crippen molar-refractivity contribution in [3.05, 3.63) is 0 Å². The Morgan fingerprint density at radius 2 is 1.20 bits per heavy atom. The summed E-state index contributed by atoms with van der Waals surface area (Å²) < 4.78 is 0. The molecule has 0 saturated heterocycles. The summed E-state index contributed by atoms with van der Waals surface area (Å²) in [5.74, 6) is 0.769. The SMILES string of the molecule is CC.CC(C)[C@H](C)N(C)C. The van der Waals surface area contributed by atoms with Crippen molar-refractivity contribution in [1.82, 2.24) is 4.90 Å². The van der Waals surface area contributed by atoms with E-state index in [9.17, 15) is 0 Å². The van der Waals surface area contributed by atoms with E-state index in [-0.39, 0.29) is 0 Å². The molecule has 0 radical (unpaired) electrons. The highest BCUT2D eigenvalue weighted by Crippen LogP contribution is 2.04. The molecule has 0 bridgehead atoms. The van der Waals surface area contributed by atoms with Gasteiger partial charge in [0.1, 0.15) is 0 Å². The fourth-order valence-electron chi connectivity index (χ4n) is 0.596. The Balaban J connectivity index is 0. The lowest BCUT2D eigenvalue weighted by molar-refractivity contribution is 0.251. The largest absolute Gasteiger partial charge is 0.306 e. The third-order valence-corrected chi connectivity index (χ3v) is 1.78. The molecule has 0 N–H and O–H groups in total. The zero-order valence-corrected chi connectivity index (χ0v) is 8.60. The van der Waals surface area contributed by atoms with E-state index in [0.29, 0.717) is 6.04 Å². The second-order valence-electron chi connectivity index (χ2n) is 2.95. The molecule has 0 unspecified atom stereocenters. The van der Waals surface area contributed by atoms with Crippen LogP contribution in [0.2, 0.25) is 0 Å². The molecule has 0 saturated carbocycles. The minimum absolute atomic E-state index is 0.704. The van der Waals surface area contributed by atoms with E-state index in [1.165, 1.54) is 0 Å². The molecule has 0 spiro atoms. The van der Waals surface area contributed by atoms with Crippen LogP contribution >= 0.6 is 0 Å². The van der Waals surface area contributed by atoms with E-state index in [0.717, 1.165) is 5.92 Å². The summed E-state index contributed by atoms with van der Waals surface area (Å²) in [6, 6.07) is 0.704. The van der Waals surface area contributed by atoms with E-state index >= 15 is 0 Å². The molecular formula is C9H23N. The van der Waals surface area contributed by atoms with E-state index in [4.69, 9.17) is 0 Å². The first kappa shape index (κ1) is 12.6. The maximum absolute atomic E-state index is 2.24. The third kappa shape index (κ3) is 6.09. The molecule has 0 aliphatic rings. The lowest BCUT2D eigenvalue weighted by Gasteiger charge is -2.22. The van der Waals surface area contributed by atoms with Crippen LogP contribution < -0.4 is 0 Å². The average molecular weight is 145 g/mol. The van der Waals surface area contributed by atoms with Gasteiger partial charge in [0, 0.05) is 6.04 Å². The molecule has 0 fully saturated rings. The predicted octanol–water partition coefficient (Wildman–Crippen LogP) is 2.62. The van der Waals surface area contributed by atoms with Crippen molar-refractivity contribution < 1.29 is 0 Å². The Labute approximate surface area is 66.4 Å². The van der Waals surface area contributed by atoms with Gasteiger partial charge in [-0.3, -0.25) is 0 Å². The maximum atomic E-state index is 2.24. The molecule has 1 nitrogen and oxygen atoms in total. The number of nitrogens with zero attached hydrogens (tertiary/aromatic N) is 1. The van der Waals surface area contributed by atoms with Gasteiger partial charge in [0.25, 0.3) is 0 Å². The molecule has 0 aliphatic carbocycles. The van der Waals surface area contributed by atoms with Gasteiger partial charge >= 0.3 is 0 Å². The highest BCUT2D eigenvalue weighted by Gasteiger charge is 2.07. The number of rotatable bonds is 2. The molecule has 10 heavy (non-hydrogen) atoms. The molecule has 64 valence electrons. The second kappa shape index (κ2) is 7.07. The Kier molecular flexibility index (Phi) is 8.92. The van der Waals surface area contributed by atoms with Crippen molar-refractivity contribution in [3.63, 3.8) is 0 Å². The summed E-state index contributed by atoms with van der Waals surface area (Å²) in [7, 11) is 4.23. The molecule has 1 heteroatoms. The summed E-state index contributed by atoms with van der Waals surface area (Å²) in [5.41, 5.74) is 0. The van der Waals surface area contributed by atoms with Crippen LogP contribution in [0.3, 0.4) is 0 Å². The number of hydrogen-bond donors (Lipinski definition) is 0. The minimum atomic E-state index is 0.704. The summed E-state index contributed by atoms with van der Waals surface area (Å²) in [6.45, 7) is 10.7. The summed E-state index contributed by atoms with van der Waals surface area (Å²) in [5, 5.41) is 0. The highest BCUT2D eigenvalue weighted by molar-refractivity contribution is 4.61. The quantitative estimate of drug-likeness (QED) is 0.577. The van der Waals surface area contributed by atoms with Crippen LogP contribution in [0.15, 0.2) is 0 Å². The van der Waals surface area contributed by atoms with Crippen LogP contribution in [-0.2, 0) is 0 Å². The van der Waals surface area contributed by atoms with Crippen molar-refractivity contribution >= 4 is 0 Å². The minimum Gasteiger partial charge on any atom is -0.306 e. The van der Waals surface area contributed by atoms with Gasteiger partial charge in [-0.25, -0.2) is 0 Å². The molecule has 0 aromatic carbocycles. The van der Waals surface area contributed by atoms with E-state index in [1.807, 2.05) is 13.8 Å². The maximum Gasteiger partial charge on any atom is 0.00838 e. The smallest absolute Gasteiger partial charge is 0.00838 e. The Morgan fingerprint density at radius 3 is 1.20 bits per heavy atom. The molecule has 0 aromatic heterocycles. The average Bonchev–Trinajstić information content (AvgIpc) is 1.90. The summed E-state index contributed by atoms with van der Waals surface area (Å²) >= 11 is 0. The van der Waals surface area contributed by atoms with Gasteiger partial charge < -0.3 is 4.90 Å². The van der Waals surface area contributed by atoms with Crippen molar-refractivity contribution in [3.8, 4) is 0 Å². The highest BCUT2D eigenvalue weighted by atomic mass is 15.1. The summed E-state index contributed by atoms with van der Waals surface area (Å²) in [4.78, 5) is 2.24. The van der Waals surface area contributed by atoms with Crippen LogP contribution in [0.4, 0.5) is 0 Å². The fourth-order valence-corrected chi connectivity index (χ4v) is 0.596. The van der Waals surface area contributed by atoms with Crippen LogP contribution in [0.1, 0.15) is 34.6 Å².